The first-order chi connectivity index (χ1) is 15.7. The fourth-order valence-electron chi connectivity index (χ4n) is 4.02. The monoisotopic (exact) mass is 424 g/mol. The van der Waals surface area contributed by atoms with Crippen molar-refractivity contribution in [2.24, 2.45) is 0 Å². The summed E-state index contributed by atoms with van der Waals surface area (Å²) >= 11 is 0. The van der Waals surface area contributed by atoms with Crippen molar-refractivity contribution in [2.45, 2.75) is 13.1 Å². The van der Waals surface area contributed by atoms with Crippen molar-refractivity contribution in [2.75, 3.05) is 37.6 Å². The van der Waals surface area contributed by atoms with Gasteiger partial charge >= 0.3 is 0 Å². The zero-order valence-electron chi connectivity index (χ0n) is 18.2. The fraction of sp³-hybridized carbons (Fsp3) is 0.259. The van der Waals surface area contributed by atoms with Crippen LogP contribution < -0.4 is 4.90 Å². The summed E-state index contributed by atoms with van der Waals surface area (Å²) in [7, 11) is 0. The minimum absolute atomic E-state index is 0.126. The number of benzene rings is 3. The van der Waals surface area contributed by atoms with E-state index in [4.69, 9.17) is 5.26 Å². The van der Waals surface area contributed by atoms with Gasteiger partial charge in [-0.2, -0.15) is 5.26 Å². The molecule has 0 radical (unpaired) electrons. The Morgan fingerprint density at radius 3 is 2.00 bits per heavy atom. The number of nitriles is 1. The molecular formula is C27H28N4O. The number of carbonyl (C=O) groups excluding carboxylic acids is 1. The highest BCUT2D eigenvalue weighted by molar-refractivity contribution is 5.94. The topological polar surface area (TPSA) is 50.6 Å². The molecule has 0 aromatic heterocycles. The maximum atomic E-state index is 13.3. The predicted octanol–water partition coefficient (Wildman–Crippen LogP) is 3.91. The number of amides is 1. The lowest BCUT2D eigenvalue weighted by atomic mass is 10.1. The lowest BCUT2D eigenvalue weighted by Gasteiger charge is -2.35. The Kier molecular flexibility index (Phi) is 7.29. The molecule has 1 amide bonds. The fourth-order valence-corrected chi connectivity index (χ4v) is 4.02. The Morgan fingerprint density at radius 1 is 0.781 bits per heavy atom. The molecule has 0 aliphatic carbocycles. The molecule has 4 rings (SSSR count). The maximum absolute atomic E-state index is 13.3. The zero-order chi connectivity index (χ0) is 22.2. The van der Waals surface area contributed by atoms with Crippen LogP contribution in [0.3, 0.4) is 0 Å². The van der Waals surface area contributed by atoms with Gasteiger partial charge in [-0.15, -0.1) is 0 Å². The number of rotatable bonds is 7. The molecule has 32 heavy (non-hydrogen) atoms. The van der Waals surface area contributed by atoms with Gasteiger partial charge in [0.25, 0.3) is 0 Å². The van der Waals surface area contributed by atoms with E-state index in [-0.39, 0.29) is 5.91 Å². The number of anilines is 1. The number of hydrogen-bond donors (Lipinski definition) is 0. The number of para-hydroxylation sites is 1. The highest BCUT2D eigenvalue weighted by Crippen LogP contribution is 2.18. The summed E-state index contributed by atoms with van der Waals surface area (Å²) in [5, 5.41) is 8.95. The zero-order valence-corrected chi connectivity index (χ0v) is 18.2. The molecule has 0 bridgehead atoms. The van der Waals surface area contributed by atoms with Gasteiger partial charge in [0.1, 0.15) is 0 Å². The summed E-state index contributed by atoms with van der Waals surface area (Å²) in [5.41, 5.74) is 3.96. The normalized spacial score (nSPS) is 14.6. The Balaban J connectivity index is 1.34. The molecule has 162 valence electrons. The Labute approximate surface area is 190 Å². The van der Waals surface area contributed by atoms with Crippen molar-refractivity contribution in [1.82, 2.24) is 9.80 Å². The Morgan fingerprint density at radius 2 is 1.38 bits per heavy atom. The van der Waals surface area contributed by atoms with E-state index >= 15 is 0 Å². The number of carbonyl (C=O) groups is 1. The van der Waals surface area contributed by atoms with Crippen LogP contribution in [-0.4, -0.2) is 48.4 Å². The first-order valence-electron chi connectivity index (χ1n) is 11.0. The van der Waals surface area contributed by atoms with Crippen LogP contribution in [0.5, 0.6) is 0 Å². The van der Waals surface area contributed by atoms with Crippen LogP contribution in [0.1, 0.15) is 16.7 Å². The van der Waals surface area contributed by atoms with Crippen molar-refractivity contribution < 1.29 is 4.79 Å². The summed E-state index contributed by atoms with van der Waals surface area (Å²) in [4.78, 5) is 19.8. The van der Waals surface area contributed by atoms with Crippen molar-refractivity contribution in [3.63, 3.8) is 0 Å². The van der Waals surface area contributed by atoms with Gasteiger partial charge < -0.3 is 4.90 Å². The maximum Gasteiger partial charge on any atom is 0.241 e. The molecule has 5 heteroatoms. The van der Waals surface area contributed by atoms with Crippen molar-refractivity contribution in [1.29, 1.82) is 5.26 Å². The van der Waals surface area contributed by atoms with Gasteiger partial charge in [-0.3, -0.25) is 14.6 Å². The van der Waals surface area contributed by atoms with Gasteiger partial charge in [-0.25, -0.2) is 0 Å². The molecule has 1 heterocycles. The van der Waals surface area contributed by atoms with E-state index in [1.807, 2.05) is 77.7 Å². The van der Waals surface area contributed by atoms with Gasteiger partial charge in [0.2, 0.25) is 5.91 Å². The number of hydrogen-bond acceptors (Lipinski definition) is 4. The van der Waals surface area contributed by atoms with E-state index in [9.17, 15) is 4.79 Å². The lowest BCUT2D eigenvalue weighted by molar-refractivity contribution is -0.120. The second kappa shape index (κ2) is 10.7. The summed E-state index contributed by atoms with van der Waals surface area (Å²) in [5.74, 6) is 0.126. The molecule has 1 fully saturated rings. The van der Waals surface area contributed by atoms with Crippen LogP contribution in [0.2, 0.25) is 0 Å². The number of piperazine rings is 1. The SMILES string of the molecule is N#Cc1ccc(CN2CCN(CC(=O)N(Cc3ccccc3)c3ccccc3)CC2)cc1. The number of nitrogens with zero attached hydrogens (tertiary/aromatic N) is 4. The quantitative estimate of drug-likeness (QED) is 0.577. The van der Waals surface area contributed by atoms with Crippen molar-refractivity contribution in [3.8, 4) is 6.07 Å². The van der Waals surface area contributed by atoms with Crippen LogP contribution in [-0.2, 0) is 17.9 Å². The van der Waals surface area contributed by atoms with Crippen molar-refractivity contribution >= 4 is 11.6 Å². The summed E-state index contributed by atoms with van der Waals surface area (Å²) in [6.07, 6.45) is 0. The smallest absolute Gasteiger partial charge is 0.241 e. The molecule has 3 aromatic carbocycles. The molecule has 1 aliphatic rings. The van der Waals surface area contributed by atoms with E-state index in [0.29, 0.717) is 18.7 Å². The van der Waals surface area contributed by atoms with Gasteiger partial charge in [-0.05, 0) is 35.4 Å². The third kappa shape index (κ3) is 5.82. The van der Waals surface area contributed by atoms with Crippen LogP contribution in [0, 0.1) is 11.3 Å². The van der Waals surface area contributed by atoms with Gasteiger partial charge in [-0.1, -0.05) is 60.7 Å². The standard InChI is InChI=1S/C27H28N4O/c28-19-23-11-13-25(14-12-23)20-29-15-17-30(18-16-29)22-27(32)31(26-9-5-2-6-10-26)21-24-7-3-1-4-8-24/h1-14H,15-18,20-22H2. The minimum Gasteiger partial charge on any atom is -0.307 e. The molecule has 1 saturated heterocycles. The Hall–Kier alpha value is -3.46. The average molecular weight is 425 g/mol. The molecule has 1 aliphatic heterocycles. The van der Waals surface area contributed by atoms with E-state index in [2.05, 4.69) is 28.0 Å². The van der Waals surface area contributed by atoms with Crippen molar-refractivity contribution in [3.05, 3.63) is 102 Å². The first-order valence-corrected chi connectivity index (χ1v) is 11.0. The van der Waals surface area contributed by atoms with Crippen LogP contribution in [0.4, 0.5) is 5.69 Å². The second-order valence-electron chi connectivity index (χ2n) is 8.16. The third-order valence-corrected chi connectivity index (χ3v) is 5.87. The third-order valence-electron chi connectivity index (χ3n) is 5.87. The molecule has 0 atom stereocenters. The van der Waals surface area contributed by atoms with Crippen LogP contribution >= 0.6 is 0 Å². The highest BCUT2D eigenvalue weighted by Gasteiger charge is 2.23. The lowest BCUT2D eigenvalue weighted by Crippen LogP contribution is -2.49. The predicted molar refractivity (Wildman–Crippen MR) is 127 cm³/mol. The van der Waals surface area contributed by atoms with E-state index in [1.165, 1.54) is 5.56 Å². The van der Waals surface area contributed by atoms with E-state index in [1.54, 1.807) is 0 Å². The van der Waals surface area contributed by atoms with Gasteiger partial charge in [0.15, 0.2) is 0 Å². The largest absolute Gasteiger partial charge is 0.307 e. The first kappa shape index (κ1) is 21.8. The average Bonchev–Trinajstić information content (AvgIpc) is 2.85. The minimum atomic E-state index is 0.126. The molecule has 0 unspecified atom stereocenters. The molecule has 0 N–H and O–H groups in total. The van der Waals surface area contributed by atoms with Gasteiger partial charge in [0, 0.05) is 38.4 Å². The molecule has 0 saturated carbocycles. The van der Waals surface area contributed by atoms with Gasteiger partial charge in [0.05, 0.1) is 24.7 Å². The molecular weight excluding hydrogens is 396 g/mol. The van der Waals surface area contributed by atoms with E-state index in [0.717, 1.165) is 44.0 Å². The molecule has 3 aromatic rings. The van der Waals surface area contributed by atoms with Crippen LogP contribution in [0.25, 0.3) is 0 Å². The van der Waals surface area contributed by atoms with Crippen LogP contribution in [0.15, 0.2) is 84.9 Å². The molecule has 0 spiro atoms. The Bertz CT molecular complexity index is 1040. The summed E-state index contributed by atoms with van der Waals surface area (Å²) < 4.78 is 0. The summed E-state index contributed by atoms with van der Waals surface area (Å²) in [6.45, 7) is 5.47. The van der Waals surface area contributed by atoms with E-state index < -0.39 is 0 Å². The molecule has 5 nitrogen and oxygen atoms in total. The summed E-state index contributed by atoms with van der Waals surface area (Å²) in [6, 6.07) is 30.0. The highest BCUT2D eigenvalue weighted by atomic mass is 16.2. The second-order valence-corrected chi connectivity index (χ2v) is 8.16.